The second kappa shape index (κ2) is 6.92. The molecule has 0 spiro atoms. The molecule has 1 saturated heterocycles. The van der Waals surface area contributed by atoms with Gasteiger partial charge in [0.2, 0.25) is 5.91 Å². The number of carbonyl (C=O) groups is 1. The van der Waals surface area contributed by atoms with Gasteiger partial charge in [0.15, 0.2) is 0 Å². The van der Waals surface area contributed by atoms with E-state index in [1.54, 1.807) is 0 Å². The lowest BCUT2D eigenvalue weighted by Crippen LogP contribution is -2.51. The van der Waals surface area contributed by atoms with Crippen LogP contribution in [0.4, 0.5) is 0 Å². The first kappa shape index (κ1) is 15.8. The van der Waals surface area contributed by atoms with Crippen LogP contribution in [0.1, 0.15) is 12.5 Å². The van der Waals surface area contributed by atoms with Gasteiger partial charge < -0.3 is 10.2 Å². The van der Waals surface area contributed by atoms with Crippen molar-refractivity contribution in [3.8, 4) is 0 Å². The number of fused-ring (bicyclic) bond motifs is 1. The fourth-order valence-corrected chi connectivity index (χ4v) is 2.88. The molecule has 0 radical (unpaired) electrons. The number of hydrogen-bond donors (Lipinski definition) is 1. The molecule has 1 N–H and O–H groups in total. The average molecular weight is 305 g/mol. The molecule has 3 rings (SSSR count). The van der Waals surface area contributed by atoms with Crippen molar-refractivity contribution >= 4 is 29.1 Å². The van der Waals surface area contributed by atoms with Crippen molar-refractivity contribution in [2.75, 3.05) is 19.6 Å². The van der Waals surface area contributed by atoms with E-state index in [2.05, 4.69) is 36.5 Å². The molecule has 3 nitrogen and oxygen atoms in total. The van der Waals surface area contributed by atoms with E-state index in [1.165, 1.54) is 10.8 Å². The molecular formula is C17H21ClN2O. The number of halogens is 1. The summed E-state index contributed by atoms with van der Waals surface area (Å²) in [6.07, 6.45) is 0.494. The lowest BCUT2D eigenvalue weighted by atomic mass is 10.0. The predicted octanol–water partition coefficient (Wildman–Crippen LogP) is 2.62. The van der Waals surface area contributed by atoms with Crippen molar-refractivity contribution in [3.63, 3.8) is 0 Å². The molecule has 1 fully saturated rings. The molecule has 1 heterocycles. The third kappa shape index (κ3) is 3.55. The van der Waals surface area contributed by atoms with Crippen LogP contribution < -0.4 is 5.32 Å². The number of piperazine rings is 1. The molecule has 1 aliphatic rings. The summed E-state index contributed by atoms with van der Waals surface area (Å²) in [6, 6.07) is 14.8. The lowest BCUT2D eigenvalue weighted by Gasteiger charge is -2.32. The minimum atomic E-state index is 0. The van der Waals surface area contributed by atoms with Gasteiger partial charge in [-0.15, -0.1) is 12.4 Å². The number of nitrogens with zero attached hydrogens (tertiary/aromatic N) is 1. The van der Waals surface area contributed by atoms with E-state index in [0.29, 0.717) is 12.5 Å². The number of nitrogens with one attached hydrogen (secondary N) is 1. The van der Waals surface area contributed by atoms with Gasteiger partial charge in [0.25, 0.3) is 0 Å². The molecule has 1 aliphatic heterocycles. The maximum absolute atomic E-state index is 12.5. The minimum Gasteiger partial charge on any atom is -0.340 e. The summed E-state index contributed by atoms with van der Waals surface area (Å²) in [6.45, 7) is 4.64. The van der Waals surface area contributed by atoms with Crippen LogP contribution in [0.5, 0.6) is 0 Å². The zero-order valence-corrected chi connectivity index (χ0v) is 13.0. The average Bonchev–Trinajstić information content (AvgIpc) is 2.47. The Morgan fingerprint density at radius 1 is 1.24 bits per heavy atom. The summed E-state index contributed by atoms with van der Waals surface area (Å²) in [7, 11) is 0. The van der Waals surface area contributed by atoms with E-state index < -0.39 is 0 Å². The van der Waals surface area contributed by atoms with E-state index >= 15 is 0 Å². The molecule has 1 atom stereocenters. The summed E-state index contributed by atoms with van der Waals surface area (Å²) >= 11 is 0. The predicted molar refractivity (Wildman–Crippen MR) is 88.9 cm³/mol. The van der Waals surface area contributed by atoms with Crippen molar-refractivity contribution in [1.82, 2.24) is 10.2 Å². The quantitative estimate of drug-likeness (QED) is 0.925. The van der Waals surface area contributed by atoms with Crippen LogP contribution in [0.2, 0.25) is 0 Å². The molecule has 2 aromatic carbocycles. The van der Waals surface area contributed by atoms with Crippen molar-refractivity contribution in [3.05, 3.63) is 48.0 Å². The molecule has 0 unspecified atom stereocenters. The van der Waals surface area contributed by atoms with Crippen LogP contribution in [0.25, 0.3) is 10.8 Å². The van der Waals surface area contributed by atoms with E-state index in [4.69, 9.17) is 0 Å². The van der Waals surface area contributed by atoms with Gasteiger partial charge in [-0.2, -0.15) is 0 Å². The molecule has 0 aromatic heterocycles. The SMILES string of the molecule is C[C@H]1CN(C(=O)Cc2cccc3ccccc23)CCN1.Cl. The zero-order chi connectivity index (χ0) is 13.9. The van der Waals surface area contributed by atoms with Gasteiger partial charge in [-0.3, -0.25) is 4.79 Å². The number of rotatable bonds is 2. The Bertz CT molecular complexity index is 624. The number of benzene rings is 2. The van der Waals surface area contributed by atoms with E-state index in [9.17, 15) is 4.79 Å². The van der Waals surface area contributed by atoms with Crippen molar-refractivity contribution in [2.24, 2.45) is 0 Å². The molecule has 0 aliphatic carbocycles. The molecule has 1 amide bonds. The van der Waals surface area contributed by atoms with Crippen molar-refractivity contribution in [1.29, 1.82) is 0 Å². The van der Waals surface area contributed by atoms with Gasteiger partial charge in [0.1, 0.15) is 0 Å². The van der Waals surface area contributed by atoms with Gasteiger partial charge in [0, 0.05) is 25.7 Å². The Kier molecular flexibility index (Phi) is 5.21. The summed E-state index contributed by atoms with van der Waals surface area (Å²) in [5.74, 6) is 0.231. The Balaban J connectivity index is 0.00000161. The van der Waals surface area contributed by atoms with Crippen LogP contribution in [-0.4, -0.2) is 36.5 Å². The second-order valence-corrected chi connectivity index (χ2v) is 5.51. The molecule has 4 heteroatoms. The summed E-state index contributed by atoms with van der Waals surface area (Å²) in [5, 5.41) is 5.75. The first-order chi connectivity index (χ1) is 9.74. The Morgan fingerprint density at radius 3 is 2.81 bits per heavy atom. The highest BCUT2D eigenvalue weighted by atomic mass is 35.5. The van der Waals surface area contributed by atoms with Crippen LogP contribution in [0.15, 0.2) is 42.5 Å². The van der Waals surface area contributed by atoms with Gasteiger partial charge in [-0.05, 0) is 23.3 Å². The van der Waals surface area contributed by atoms with Crippen molar-refractivity contribution < 1.29 is 4.79 Å². The van der Waals surface area contributed by atoms with Crippen LogP contribution in [0.3, 0.4) is 0 Å². The molecule has 21 heavy (non-hydrogen) atoms. The Hall–Kier alpha value is -1.58. The van der Waals surface area contributed by atoms with Crippen LogP contribution in [0, 0.1) is 0 Å². The Labute approximate surface area is 131 Å². The van der Waals surface area contributed by atoms with E-state index in [1.807, 2.05) is 23.1 Å². The highest BCUT2D eigenvalue weighted by Crippen LogP contribution is 2.19. The van der Waals surface area contributed by atoms with E-state index in [-0.39, 0.29) is 18.3 Å². The first-order valence-electron chi connectivity index (χ1n) is 7.22. The largest absolute Gasteiger partial charge is 0.340 e. The van der Waals surface area contributed by atoms with Gasteiger partial charge in [0.05, 0.1) is 6.42 Å². The van der Waals surface area contributed by atoms with Gasteiger partial charge >= 0.3 is 0 Å². The molecule has 0 saturated carbocycles. The number of amides is 1. The summed E-state index contributed by atoms with van der Waals surface area (Å²) in [5.41, 5.74) is 1.12. The monoisotopic (exact) mass is 304 g/mol. The van der Waals surface area contributed by atoms with Gasteiger partial charge in [-0.25, -0.2) is 0 Å². The highest BCUT2D eigenvalue weighted by Gasteiger charge is 2.20. The molecule has 0 bridgehead atoms. The number of carbonyl (C=O) groups excluding carboxylic acids is 1. The molecule has 2 aromatic rings. The third-order valence-electron chi connectivity index (χ3n) is 3.94. The summed E-state index contributed by atoms with van der Waals surface area (Å²) < 4.78 is 0. The standard InChI is InChI=1S/C17H20N2O.ClH/c1-13-12-19(10-9-18-13)17(20)11-15-7-4-6-14-5-2-3-8-16(14)15;/h2-8,13,18H,9-12H2,1H3;1H/t13-;/m0./s1. The highest BCUT2D eigenvalue weighted by molar-refractivity contribution is 5.90. The number of hydrogen-bond acceptors (Lipinski definition) is 2. The second-order valence-electron chi connectivity index (χ2n) is 5.51. The van der Waals surface area contributed by atoms with Crippen molar-refractivity contribution in [2.45, 2.75) is 19.4 Å². The minimum absolute atomic E-state index is 0. The molecule has 112 valence electrons. The van der Waals surface area contributed by atoms with Crippen LogP contribution in [-0.2, 0) is 11.2 Å². The maximum Gasteiger partial charge on any atom is 0.227 e. The fourth-order valence-electron chi connectivity index (χ4n) is 2.88. The smallest absolute Gasteiger partial charge is 0.227 e. The van der Waals surface area contributed by atoms with Gasteiger partial charge in [-0.1, -0.05) is 42.5 Å². The normalized spacial score (nSPS) is 18.3. The fraction of sp³-hybridized carbons (Fsp3) is 0.353. The summed E-state index contributed by atoms with van der Waals surface area (Å²) in [4.78, 5) is 14.4. The molecular weight excluding hydrogens is 284 g/mol. The third-order valence-corrected chi connectivity index (χ3v) is 3.94. The Morgan fingerprint density at radius 2 is 2.00 bits per heavy atom. The first-order valence-corrected chi connectivity index (χ1v) is 7.22. The lowest BCUT2D eigenvalue weighted by molar-refractivity contribution is -0.131. The van der Waals surface area contributed by atoms with Crippen LogP contribution >= 0.6 is 12.4 Å². The van der Waals surface area contributed by atoms with E-state index in [0.717, 1.165) is 25.2 Å². The topological polar surface area (TPSA) is 32.3 Å². The maximum atomic E-state index is 12.5. The zero-order valence-electron chi connectivity index (χ0n) is 12.2.